The van der Waals surface area contributed by atoms with Crippen molar-refractivity contribution in [2.24, 2.45) is 0 Å². The fourth-order valence-electron chi connectivity index (χ4n) is 2.50. The van der Waals surface area contributed by atoms with Crippen molar-refractivity contribution < 1.29 is 13.2 Å². The quantitative estimate of drug-likeness (QED) is 0.838. The molecule has 0 spiro atoms. The number of carbonyl (C=O) groups is 1. The Bertz CT molecular complexity index is 621. The summed E-state index contributed by atoms with van der Waals surface area (Å²) in [6.45, 7) is 9.78. The highest BCUT2D eigenvalue weighted by molar-refractivity contribution is 7.92. The van der Waals surface area contributed by atoms with Crippen molar-refractivity contribution in [3.63, 3.8) is 0 Å². The minimum Gasteiger partial charge on any atom is -0.354 e. The Labute approximate surface area is 134 Å². The number of aryl methyl sites for hydroxylation is 1. The number of nitrogens with one attached hydrogen (secondary N) is 1. The molecule has 1 N–H and O–H groups in total. The van der Waals surface area contributed by atoms with E-state index in [2.05, 4.69) is 5.32 Å². The van der Waals surface area contributed by atoms with Gasteiger partial charge in [-0.15, -0.1) is 0 Å². The van der Waals surface area contributed by atoms with Crippen LogP contribution in [0.2, 0.25) is 0 Å². The summed E-state index contributed by atoms with van der Waals surface area (Å²) in [5, 5.41) is 1.79. The summed E-state index contributed by atoms with van der Waals surface area (Å²) in [6, 6.07) is 8.03. The first-order chi connectivity index (χ1) is 10.1. The molecule has 124 valence electrons. The Morgan fingerprint density at radius 3 is 2.41 bits per heavy atom. The van der Waals surface area contributed by atoms with Crippen LogP contribution < -0.4 is 5.32 Å². The number of rotatable bonds is 7. The Kier molecular flexibility index (Phi) is 6.17. The first-order valence-electron chi connectivity index (χ1n) is 7.67. The summed E-state index contributed by atoms with van der Waals surface area (Å²) in [4.78, 5) is 12.1. The van der Waals surface area contributed by atoms with Crippen LogP contribution in [0.25, 0.3) is 0 Å². The minimum atomic E-state index is -3.36. The SMILES string of the molecule is CCCS(=O)(=O)[C@@H](C)C(=O)NCC(C)(C)c1ccccc1C. The molecule has 0 bridgehead atoms. The van der Waals surface area contributed by atoms with E-state index in [0.717, 1.165) is 11.1 Å². The average molecular weight is 325 g/mol. The van der Waals surface area contributed by atoms with Gasteiger partial charge in [0.1, 0.15) is 5.25 Å². The van der Waals surface area contributed by atoms with Gasteiger partial charge in [-0.25, -0.2) is 8.42 Å². The zero-order chi connectivity index (χ0) is 17.0. The van der Waals surface area contributed by atoms with Crippen molar-refractivity contribution >= 4 is 15.7 Å². The average Bonchev–Trinajstić information content (AvgIpc) is 2.44. The highest BCUT2D eigenvalue weighted by Crippen LogP contribution is 2.25. The molecule has 22 heavy (non-hydrogen) atoms. The topological polar surface area (TPSA) is 63.2 Å². The second kappa shape index (κ2) is 7.27. The third-order valence-electron chi connectivity index (χ3n) is 3.98. The number of amides is 1. The summed E-state index contributed by atoms with van der Waals surface area (Å²) < 4.78 is 23.9. The van der Waals surface area contributed by atoms with Gasteiger partial charge in [0.2, 0.25) is 5.91 Å². The van der Waals surface area contributed by atoms with Crippen molar-refractivity contribution in [2.75, 3.05) is 12.3 Å². The van der Waals surface area contributed by atoms with Crippen molar-refractivity contribution in [3.05, 3.63) is 35.4 Å². The van der Waals surface area contributed by atoms with Crippen LogP contribution in [0.15, 0.2) is 24.3 Å². The molecule has 0 fully saturated rings. The lowest BCUT2D eigenvalue weighted by Crippen LogP contribution is -2.44. The lowest BCUT2D eigenvalue weighted by Gasteiger charge is -2.28. The molecule has 5 heteroatoms. The van der Waals surface area contributed by atoms with Gasteiger partial charge in [-0.2, -0.15) is 0 Å². The molecule has 0 aliphatic carbocycles. The predicted octanol–water partition coefficient (Wildman–Crippen LogP) is 2.60. The van der Waals surface area contributed by atoms with E-state index in [1.165, 1.54) is 6.92 Å². The van der Waals surface area contributed by atoms with Gasteiger partial charge in [0, 0.05) is 12.0 Å². The molecule has 0 saturated heterocycles. The van der Waals surface area contributed by atoms with Gasteiger partial charge in [0.15, 0.2) is 9.84 Å². The van der Waals surface area contributed by atoms with Crippen LogP contribution in [0.5, 0.6) is 0 Å². The van der Waals surface area contributed by atoms with E-state index in [-0.39, 0.29) is 11.2 Å². The predicted molar refractivity (Wildman–Crippen MR) is 90.8 cm³/mol. The second-order valence-electron chi connectivity index (χ2n) is 6.43. The third-order valence-corrected chi connectivity index (χ3v) is 6.24. The van der Waals surface area contributed by atoms with Crippen LogP contribution in [-0.2, 0) is 20.0 Å². The Hall–Kier alpha value is -1.36. The zero-order valence-corrected chi connectivity index (χ0v) is 15.0. The lowest BCUT2D eigenvalue weighted by atomic mass is 9.82. The van der Waals surface area contributed by atoms with E-state index >= 15 is 0 Å². The standard InChI is InChI=1S/C17H27NO3S/c1-6-11-22(20,21)14(3)16(19)18-12-17(4,5)15-10-8-7-9-13(15)2/h7-10,14H,6,11-12H2,1-5H3,(H,18,19)/t14-/m0/s1. The van der Waals surface area contributed by atoms with Crippen LogP contribution in [-0.4, -0.2) is 31.9 Å². The van der Waals surface area contributed by atoms with Gasteiger partial charge in [0.25, 0.3) is 0 Å². The van der Waals surface area contributed by atoms with Crippen LogP contribution in [0.4, 0.5) is 0 Å². The molecule has 0 radical (unpaired) electrons. The molecular formula is C17H27NO3S. The monoisotopic (exact) mass is 325 g/mol. The van der Waals surface area contributed by atoms with Crippen LogP contribution in [0.1, 0.15) is 45.2 Å². The number of hydrogen-bond acceptors (Lipinski definition) is 3. The van der Waals surface area contributed by atoms with Gasteiger partial charge in [-0.3, -0.25) is 4.79 Å². The van der Waals surface area contributed by atoms with Crippen LogP contribution >= 0.6 is 0 Å². The first-order valence-corrected chi connectivity index (χ1v) is 9.38. The largest absolute Gasteiger partial charge is 0.354 e. The molecule has 0 aliphatic rings. The number of hydrogen-bond donors (Lipinski definition) is 1. The van der Waals surface area contributed by atoms with Gasteiger partial charge in [-0.1, -0.05) is 45.0 Å². The van der Waals surface area contributed by atoms with E-state index in [1.807, 2.05) is 45.0 Å². The molecule has 4 nitrogen and oxygen atoms in total. The molecule has 1 atom stereocenters. The van der Waals surface area contributed by atoms with Crippen molar-refractivity contribution in [3.8, 4) is 0 Å². The highest BCUT2D eigenvalue weighted by atomic mass is 32.2. The van der Waals surface area contributed by atoms with Gasteiger partial charge >= 0.3 is 0 Å². The maximum Gasteiger partial charge on any atom is 0.238 e. The first kappa shape index (κ1) is 18.7. The molecule has 1 amide bonds. The zero-order valence-electron chi connectivity index (χ0n) is 14.1. The van der Waals surface area contributed by atoms with Gasteiger partial charge < -0.3 is 5.32 Å². The molecule has 1 aromatic carbocycles. The summed E-state index contributed by atoms with van der Waals surface area (Å²) in [7, 11) is -3.36. The number of benzene rings is 1. The Balaban J connectivity index is 2.77. The fourth-order valence-corrected chi connectivity index (χ4v) is 3.84. The van der Waals surface area contributed by atoms with Crippen molar-refractivity contribution in [1.29, 1.82) is 0 Å². The maximum atomic E-state index is 12.1. The van der Waals surface area contributed by atoms with E-state index in [9.17, 15) is 13.2 Å². The van der Waals surface area contributed by atoms with Crippen molar-refractivity contribution in [1.82, 2.24) is 5.32 Å². The number of carbonyl (C=O) groups excluding carboxylic acids is 1. The minimum absolute atomic E-state index is 0.0444. The maximum absolute atomic E-state index is 12.1. The Morgan fingerprint density at radius 1 is 1.27 bits per heavy atom. The van der Waals surface area contributed by atoms with E-state index in [0.29, 0.717) is 13.0 Å². The molecular weight excluding hydrogens is 298 g/mol. The normalized spacial score (nSPS) is 13.7. The molecule has 0 aromatic heterocycles. The van der Waals surface area contributed by atoms with E-state index in [4.69, 9.17) is 0 Å². The number of sulfone groups is 1. The molecule has 0 unspecified atom stereocenters. The van der Waals surface area contributed by atoms with E-state index < -0.39 is 21.0 Å². The second-order valence-corrected chi connectivity index (χ2v) is 8.87. The third kappa shape index (κ3) is 4.57. The molecule has 1 aromatic rings. The summed E-state index contributed by atoms with van der Waals surface area (Å²) in [6.07, 6.45) is 0.522. The smallest absolute Gasteiger partial charge is 0.238 e. The van der Waals surface area contributed by atoms with Crippen molar-refractivity contribution in [2.45, 2.75) is 51.7 Å². The summed E-state index contributed by atoms with van der Waals surface area (Å²) >= 11 is 0. The summed E-state index contributed by atoms with van der Waals surface area (Å²) in [5.41, 5.74) is 2.06. The van der Waals surface area contributed by atoms with Crippen LogP contribution in [0, 0.1) is 6.92 Å². The van der Waals surface area contributed by atoms with Gasteiger partial charge in [0.05, 0.1) is 5.75 Å². The Morgan fingerprint density at radius 2 is 1.86 bits per heavy atom. The molecule has 1 rings (SSSR count). The lowest BCUT2D eigenvalue weighted by molar-refractivity contribution is -0.120. The highest BCUT2D eigenvalue weighted by Gasteiger charge is 2.29. The van der Waals surface area contributed by atoms with E-state index in [1.54, 1.807) is 6.92 Å². The fraction of sp³-hybridized carbons (Fsp3) is 0.588. The molecule has 0 heterocycles. The molecule has 0 aliphatic heterocycles. The molecule has 0 saturated carbocycles. The summed E-state index contributed by atoms with van der Waals surface area (Å²) in [5.74, 6) is -0.377. The van der Waals surface area contributed by atoms with Gasteiger partial charge in [-0.05, 0) is 31.4 Å². The van der Waals surface area contributed by atoms with Crippen LogP contribution in [0.3, 0.4) is 0 Å².